The van der Waals surface area contributed by atoms with E-state index in [0.29, 0.717) is 6.54 Å². The fourth-order valence-electron chi connectivity index (χ4n) is 3.36. The second-order valence-corrected chi connectivity index (χ2v) is 6.08. The molecule has 1 saturated carbocycles. The molecule has 1 saturated heterocycles. The van der Waals surface area contributed by atoms with Gasteiger partial charge >= 0.3 is 0 Å². The average Bonchev–Trinajstić information content (AvgIpc) is 2.40. The normalized spacial score (nSPS) is 40.0. The summed E-state index contributed by atoms with van der Waals surface area (Å²) < 4.78 is 0. The molecule has 0 bridgehead atoms. The molecule has 1 aliphatic carbocycles. The van der Waals surface area contributed by atoms with Crippen molar-refractivity contribution in [2.45, 2.75) is 69.8 Å². The van der Waals surface area contributed by atoms with E-state index in [9.17, 15) is 15.3 Å². The van der Waals surface area contributed by atoms with Crippen molar-refractivity contribution in [1.82, 2.24) is 4.90 Å². The molecule has 18 heavy (non-hydrogen) atoms. The minimum absolute atomic E-state index is 0.0630. The fourth-order valence-corrected chi connectivity index (χ4v) is 3.36. The third kappa shape index (κ3) is 3.23. The van der Waals surface area contributed by atoms with Crippen LogP contribution >= 0.6 is 0 Å². The van der Waals surface area contributed by atoms with Crippen molar-refractivity contribution in [3.05, 3.63) is 0 Å². The van der Waals surface area contributed by atoms with Gasteiger partial charge in [0.05, 0.1) is 12.2 Å². The number of rotatable bonds is 3. The predicted molar refractivity (Wildman–Crippen MR) is 70.2 cm³/mol. The number of aliphatic hydroxyl groups excluding tert-OH is 3. The van der Waals surface area contributed by atoms with Gasteiger partial charge in [0.2, 0.25) is 0 Å². The van der Waals surface area contributed by atoms with Crippen molar-refractivity contribution >= 4 is 0 Å². The van der Waals surface area contributed by atoms with E-state index in [1.807, 2.05) is 6.92 Å². The summed E-state index contributed by atoms with van der Waals surface area (Å²) in [5.74, 6) is 0.812. The van der Waals surface area contributed by atoms with Gasteiger partial charge in [-0.25, -0.2) is 0 Å². The lowest BCUT2D eigenvalue weighted by Crippen LogP contribution is -2.60. The zero-order valence-electron chi connectivity index (χ0n) is 11.3. The molecule has 2 fully saturated rings. The molecule has 4 nitrogen and oxygen atoms in total. The zero-order chi connectivity index (χ0) is 13.1. The number of nitrogens with zero attached hydrogens (tertiary/aromatic N) is 1. The minimum Gasteiger partial charge on any atom is -0.389 e. The quantitative estimate of drug-likeness (QED) is 0.698. The van der Waals surface area contributed by atoms with Gasteiger partial charge in [0, 0.05) is 12.6 Å². The lowest BCUT2D eigenvalue weighted by atomic mass is 9.86. The highest BCUT2D eigenvalue weighted by Crippen LogP contribution is 2.27. The van der Waals surface area contributed by atoms with Gasteiger partial charge < -0.3 is 15.3 Å². The van der Waals surface area contributed by atoms with Crippen molar-refractivity contribution < 1.29 is 15.3 Å². The molecule has 0 spiro atoms. The molecule has 0 radical (unpaired) electrons. The number of likely N-dealkylation sites (tertiary alicyclic amines) is 1. The molecule has 106 valence electrons. The maximum atomic E-state index is 9.87. The summed E-state index contributed by atoms with van der Waals surface area (Å²) in [6.45, 7) is 3.33. The van der Waals surface area contributed by atoms with E-state index < -0.39 is 18.3 Å². The van der Waals surface area contributed by atoms with Gasteiger partial charge in [0.1, 0.15) is 6.10 Å². The van der Waals surface area contributed by atoms with Gasteiger partial charge in [0.25, 0.3) is 0 Å². The summed E-state index contributed by atoms with van der Waals surface area (Å²) in [4.78, 5) is 2.12. The number of β-amino-alcohol motifs (C(OH)–C–C–N with tert-alkyl or cyclic N) is 1. The van der Waals surface area contributed by atoms with Gasteiger partial charge in [-0.1, -0.05) is 32.1 Å². The molecule has 0 aromatic heterocycles. The van der Waals surface area contributed by atoms with Crippen molar-refractivity contribution in [2.75, 3.05) is 13.1 Å². The van der Waals surface area contributed by atoms with Crippen LogP contribution in [-0.4, -0.2) is 57.7 Å². The Bertz CT molecular complexity index is 255. The average molecular weight is 257 g/mol. The summed E-state index contributed by atoms with van der Waals surface area (Å²) in [5.41, 5.74) is 0. The molecule has 2 rings (SSSR count). The number of piperidine rings is 1. The Labute approximate surface area is 110 Å². The molecule has 4 unspecified atom stereocenters. The van der Waals surface area contributed by atoms with E-state index in [0.717, 1.165) is 18.9 Å². The highest BCUT2D eigenvalue weighted by atomic mass is 16.4. The highest BCUT2D eigenvalue weighted by molar-refractivity contribution is 4.92. The van der Waals surface area contributed by atoms with E-state index in [-0.39, 0.29) is 6.04 Å². The van der Waals surface area contributed by atoms with Crippen LogP contribution in [0.2, 0.25) is 0 Å². The van der Waals surface area contributed by atoms with E-state index >= 15 is 0 Å². The molecule has 1 aliphatic heterocycles. The number of aliphatic hydroxyl groups is 3. The molecular weight excluding hydrogens is 230 g/mol. The van der Waals surface area contributed by atoms with Crippen molar-refractivity contribution in [3.8, 4) is 0 Å². The van der Waals surface area contributed by atoms with Crippen LogP contribution in [-0.2, 0) is 0 Å². The predicted octanol–water partition coefficient (Wildman–Crippen LogP) is 0.744. The molecule has 0 amide bonds. The van der Waals surface area contributed by atoms with Crippen molar-refractivity contribution in [1.29, 1.82) is 0 Å². The minimum atomic E-state index is -0.995. The van der Waals surface area contributed by atoms with Crippen LogP contribution < -0.4 is 0 Å². The van der Waals surface area contributed by atoms with E-state index in [1.165, 1.54) is 32.1 Å². The monoisotopic (exact) mass is 257 g/mol. The SMILES string of the molecule is CC1C(O)C(O)C(O)CN1CCC1CCCCC1. The van der Waals surface area contributed by atoms with Crippen LogP contribution in [0.4, 0.5) is 0 Å². The van der Waals surface area contributed by atoms with Crippen molar-refractivity contribution in [3.63, 3.8) is 0 Å². The van der Waals surface area contributed by atoms with E-state index in [2.05, 4.69) is 4.90 Å². The first-order chi connectivity index (χ1) is 8.59. The maximum absolute atomic E-state index is 9.87. The van der Waals surface area contributed by atoms with Crippen LogP contribution in [0.5, 0.6) is 0 Å². The van der Waals surface area contributed by atoms with Gasteiger partial charge in [-0.05, 0) is 25.8 Å². The molecule has 0 aromatic rings. The van der Waals surface area contributed by atoms with E-state index in [1.54, 1.807) is 0 Å². The van der Waals surface area contributed by atoms with Gasteiger partial charge in [-0.3, -0.25) is 4.90 Å². The Kier molecular flexibility index (Phi) is 5.01. The number of hydrogen-bond acceptors (Lipinski definition) is 4. The van der Waals surface area contributed by atoms with Crippen LogP contribution in [0.25, 0.3) is 0 Å². The Morgan fingerprint density at radius 2 is 1.67 bits per heavy atom. The molecule has 4 heteroatoms. The topological polar surface area (TPSA) is 63.9 Å². The summed E-state index contributed by atoms with van der Waals surface area (Å²) in [6.07, 6.45) is 5.24. The van der Waals surface area contributed by atoms with Crippen molar-refractivity contribution in [2.24, 2.45) is 5.92 Å². The molecule has 2 aliphatic rings. The summed E-state index contributed by atoms with van der Waals surface area (Å²) in [6, 6.07) is -0.0630. The second-order valence-electron chi connectivity index (χ2n) is 6.08. The van der Waals surface area contributed by atoms with E-state index in [4.69, 9.17) is 0 Å². The van der Waals surface area contributed by atoms with Crippen LogP contribution in [0.15, 0.2) is 0 Å². The Balaban J connectivity index is 1.80. The third-order valence-electron chi connectivity index (χ3n) is 4.79. The van der Waals surface area contributed by atoms with Crippen LogP contribution in [0.1, 0.15) is 45.4 Å². The first-order valence-electron chi connectivity index (χ1n) is 7.38. The van der Waals surface area contributed by atoms with Gasteiger partial charge in [-0.2, -0.15) is 0 Å². The molecule has 0 aromatic carbocycles. The summed E-state index contributed by atoms with van der Waals surface area (Å²) >= 11 is 0. The zero-order valence-corrected chi connectivity index (χ0v) is 11.3. The molecule has 1 heterocycles. The first kappa shape index (κ1) is 14.3. The van der Waals surface area contributed by atoms with Gasteiger partial charge in [0.15, 0.2) is 0 Å². The second kappa shape index (κ2) is 6.33. The summed E-state index contributed by atoms with van der Waals surface area (Å²) in [5, 5.41) is 29.2. The third-order valence-corrected chi connectivity index (χ3v) is 4.79. The molecular formula is C14H27NO3. The Morgan fingerprint density at radius 1 is 1.00 bits per heavy atom. The standard InChI is InChI=1S/C14H27NO3/c1-10-13(17)14(18)12(16)9-15(10)8-7-11-5-3-2-4-6-11/h10-14,16-18H,2-9H2,1H3. The lowest BCUT2D eigenvalue weighted by Gasteiger charge is -2.42. The van der Waals surface area contributed by atoms with Crippen LogP contribution in [0.3, 0.4) is 0 Å². The smallest absolute Gasteiger partial charge is 0.108 e. The first-order valence-corrected chi connectivity index (χ1v) is 7.38. The number of hydrogen-bond donors (Lipinski definition) is 3. The summed E-state index contributed by atoms with van der Waals surface area (Å²) in [7, 11) is 0. The fraction of sp³-hybridized carbons (Fsp3) is 1.00. The van der Waals surface area contributed by atoms with Crippen LogP contribution in [0, 0.1) is 5.92 Å². The highest BCUT2D eigenvalue weighted by Gasteiger charge is 2.38. The molecule has 4 atom stereocenters. The maximum Gasteiger partial charge on any atom is 0.108 e. The molecule has 3 N–H and O–H groups in total. The lowest BCUT2D eigenvalue weighted by molar-refractivity contribution is -0.133. The Hall–Kier alpha value is -0.160. The Morgan fingerprint density at radius 3 is 2.33 bits per heavy atom. The van der Waals surface area contributed by atoms with Gasteiger partial charge in [-0.15, -0.1) is 0 Å². The largest absolute Gasteiger partial charge is 0.389 e.